The molecule has 1 aliphatic rings. The predicted molar refractivity (Wildman–Crippen MR) is 109 cm³/mol. The van der Waals surface area contributed by atoms with Gasteiger partial charge in [0, 0.05) is 43.6 Å². The van der Waals surface area contributed by atoms with Gasteiger partial charge in [-0.1, -0.05) is 17.7 Å². The molecule has 0 saturated carbocycles. The summed E-state index contributed by atoms with van der Waals surface area (Å²) in [6, 6.07) is 5.81. The van der Waals surface area contributed by atoms with Crippen LogP contribution in [0.1, 0.15) is 28.0 Å². The fourth-order valence-electron chi connectivity index (χ4n) is 3.14. The monoisotopic (exact) mass is 436 g/mol. The SMILES string of the molecule is Cc1nn(C)c(Cl)c1/C=C/C(=O)N1CCCN1C(=O)c1cccc(S(C)(=O)=O)c1. The molecule has 10 heteroatoms. The van der Waals surface area contributed by atoms with Crippen molar-refractivity contribution in [1.82, 2.24) is 19.8 Å². The van der Waals surface area contributed by atoms with Crippen molar-refractivity contribution in [2.75, 3.05) is 19.3 Å². The van der Waals surface area contributed by atoms with Gasteiger partial charge in [0.1, 0.15) is 5.15 Å². The van der Waals surface area contributed by atoms with E-state index in [1.54, 1.807) is 20.0 Å². The second kappa shape index (κ2) is 8.00. The Morgan fingerprint density at radius 1 is 1.21 bits per heavy atom. The van der Waals surface area contributed by atoms with Crippen LogP contribution in [-0.2, 0) is 21.7 Å². The van der Waals surface area contributed by atoms with E-state index in [1.807, 2.05) is 0 Å². The average Bonchev–Trinajstić information content (AvgIpc) is 3.24. The lowest BCUT2D eigenvalue weighted by Gasteiger charge is -2.27. The van der Waals surface area contributed by atoms with Crippen LogP contribution in [-0.4, -0.2) is 59.4 Å². The lowest BCUT2D eigenvalue weighted by Crippen LogP contribution is -2.44. The third-order valence-corrected chi connectivity index (χ3v) is 6.18. The first-order valence-corrected chi connectivity index (χ1v) is 11.2. The number of rotatable bonds is 4. The van der Waals surface area contributed by atoms with Gasteiger partial charge in [-0.15, -0.1) is 0 Å². The highest BCUT2D eigenvalue weighted by Gasteiger charge is 2.30. The number of aryl methyl sites for hydroxylation is 2. The van der Waals surface area contributed by atoms with Gasteiger partial charge in [-0.05, 0) is 37.6 Å². The fraction of sp³-hybridized carbons (Fsp3) is 0.316. The largest absolute Gasteiger partial charge is 0.272 e. The number of hydrazine groups is 1. The summed E-state index contributed by atoms with van der Waals surface area (Å²) in [4.78, 5) is 25.7. The zero-order valence-corrected chi connectivity index (χ0v) is 17.9. The summed E-state index contributed by atoms with van der Waals surface area (Å²) in [7, 11) is -1.73. The van der Waals surface area contributed by atoms with Gasteiger partial charge < -0.3 is 0 Å². The Morgan fingerprint density at radius 2 is 1.90 bits per heavy atom. The first-order chi connectivity index (χ1) is 13.6. The molecule has 1 aromatic heterocycles. The summed E-state index contributed by atoms with van der Waals surface area (Å²) in [6.07, 6.45) is 4.65. The molecule has 1 saturated heterocycles. The molecule has 0 radical (unpaired) electrons. The molecule has 2 aromatic rings. The molecule has 0 atom stereocenters. The molecule has 0 bridgehead atoms. The van der Waals surface area contributed by atoms with Crippen molar-refractivity contribution in [1.29, 1.82) is 0 Å². The molecule has 29 heavy (non-hydrogen) atoms. The lowest BCUT2D eigenvalue weighted by atomic mass is 10.2. The number of hydrogen-bond donors (Lipinski definition) is 0. The molecule has 1 aromatic carbocycles. The Morgan fingerprint density at radius 3 is 2.52 bits per heavy atom. The summed E-state index contributed by atoms with van der Waals surface area (Å²) in [6.45, 7) is 2.55. The van der Waals surface area contributed by atoms with Crippen LogP contribution in [0.5, 0.6) is 0 Å². The van der Waals surface area contributed by atoms with Gasteiger partial charge in [0.25, 0.3) is 11.8 Å². The van der Waals surface area contributed by atoms with Crippen molar-refractivity contribution >= 4 is 39.3 Å². The lowest BCUT2D eigenvalue weighted by molar-refractivity contribution is -0.134. The minimum absolute atomic E-state index is 0.0574. The van der Waals surface area contributed by atoms with E-state index in [2.05, 4.69) is 5.10 Å². The molecule has 1 fully saturated rings. The standard InChI is InChI=1S/C19H21ClN4O4S/c1-13-16(18(20)22(2)21-13)8-9-17(25)23-10-5-11-24(23)19(26)14-6-4-7-15(12-14)29(3,27)28/h4,6-9,12H,5,10-11H2,1-3H3/b9-8+. The van der Waals surface area contributed by atoms with Crippen molar-refractivity contribution in [3.05, 3.63) is 52.3 Å². The van der Waals surface area contributed by atoms with Gasteiger partial charge in [0.15, 0.2) is 9.84 Å². The maximum atomic E-state index is 12.9. The first-order valence-electron chi connectivity index (χ1n) is 8.90. The Kier molecular flexibility index (Phi) is 5.81. The van der Waals surface area contributed by atoms with Gasteiger partial charge in [-0.25, -0.2) is 18.4 Å². The van der Waals surface area contributed by atoms with Gasteiger partial charge in [0.2, 0.25) is 0 Å². The van der Waals surface area contributed by atoms with Crippen molar-refractivity contribution in [2.24, 2.45) is 7.05 Å². The summed E-state index contributed by atoms with van der Waals surface area (Å²) in [5, 5.41) is 7.30. The first kappa shape index (κ1) is 21.1. The Hall–Kier alpha value is -2.65. The predicted octanol–water partition coefficient (Wildman–Crippen LogP) is 2.09. The molecule has 3 rings (SSSR count). The molecule has 0 unspecified atom stereocenters. The van der Waals surface area contributed by atoms with Crippen molar-refractivity contribution in [3.63, 3.8) is 0 Å². The number of carbonyl (C=O) groups is 2. The van der Waals surface area contributed by atoms with E-state index < -0.39 is 15.7 Å². The number of nitrogens with zero attached hydrogens (tertiary/aromatic N) is 4. The summed E-state index contributed by atoms with van der Waals surface area (Å²) in [5.74, 6) is -0.792. The van der Waals surface area contributed by atoms with E-state index in [0.29, 0.717) is 35.9 Å². The molecule has 2 amide bonds. The summed E-state index contributed by atoms with van der Waals surface area (Å²) >= 11 is 6.18. The highest BCUT2D eigenvalue weighted by atomic mass is 35.5. The van der Waals surface area contributed by atoms with Crippen LogP contribution in [0.15, 0.2) is 35.2 Å². The third kappa shape index (κ3) is 4.35. The van der Waals surface area contributed by atoms with Gasteiger partial charge in [0.05, 0.1) is 10.6 Å². The van der Waals surface area contributed by atoms with E-state index in [1.165, 1.54) is 45.0 Å². The van der Waals surface area contributed by atoms with Crippen molar-refractivity contribution in [2.45, 2.75) is 18.2 Å². The zero-order valence-electron chi connectivity index (χ0n) is 16.3. The van der Waals surface area contributed by atoms with Gasteiger partial charge >= 0.3 is 0 Å². The molecule has 0 spiro atoms. The number of carbonyl (C=O) groups excluding carboxylic acids is 2. The average molecular weight is 437 g/mol. The minimum Gasteiger partial charge on any atom is -0.268 e. The van der Waals surface area contributed by atoms with E-state index >= 15 is 0 Å². The van der Waals surface area contributed by atoms with Crippen molar-refractivity contribution < 1.29 is 18.0 Å². The van der Waals surface area contributed by atoms with Crippen LogP contribution >= 0.6 is 11.6 Å². The molecule has 0 aliphatic carbocycles. The molecular formula is C19H21ClN4O4S. The van der Waals surface area contributed by atoms with Crippen LogP contribution in [0.3, 0.4) is 0 Å². The van der Waals surface area contributed by atoms with Crippen LogP contribution < -0.4 is 0 Å². The fourth-order valence-corrected chi connectivity index (χ4v) is 4.04. The van der Waals surface area contributed by atoms with Crippen LogP contribution in [0.2, 0.25) is 5.15 Å². The maximum absolute atomic E-state index is 12.9. The van der Waals surface area contributed by atoms with E-state index in [-0.39, 0.29) is 16.4 Å². The molecule has 8 nitrogen and oxygen atoms in total. The van der Waals surface area contributed by atoms with Gasteiger partial charge in [-0.2, -0.15) is 5.10 Å². The smallest absolute Gasteiger partial charge is 0.268 e. The Labute approximate surface area is 174 Å². The normalized spacial score (nSPS) is 14.8. The Bertz CT molecular complexity index is 1110. The van der Waals surface area contributed by atoms with E-state index in [9.17, 15) is 18.0 Å². The van der Waals surface area contributed by atoms with Crippen LogP contribution in [0, 0.1) is 6.92 Å². The minimum atomic E-state index is -3.44. The van der Waals surface area contributed by atoms with Crippen LogP contribution in [0.25, 0.3) is 6.08 Å². The number of sulfone groups is 1. The molecule has 154 valence electrons. The maximum Gasteiger partial charge on any atom is 0.272 e. The quantitative estimate of drug-likeness (QED) is 0.684. The summed E-state index contributed by atoms with van der Waals surface area (Å²) in [5.41, 5.74) is 1.54. The number of halogens is 1. The number of amides is 2. The zero-order chi connectivity index (χ0) is 21.3. The number of benzene rings is 1. The summed E-state index contributed by atoms with van der Waals surface area (Å²) < 4.78 is 25.0. The third-order valence-electron chi connectivity index (χ3n) is 4.62. The molecule has 0 N–H and O–H groups in total. The topological polar surface area (TPSA) is 92.6 Å². The molecular weight excluding hydrogens is 416 g/mol. The Balaban J connectivity index is 1.81. The number of aromatic nitrogens is 2. The molecule has 1 aliphatic heterocycles. The second-order valence-electron chi connectivity index (χ2n) is 6.79. The van der Waals surface area contributed by atoms with Crippen LogP contribution in [0.4, 0.5) is 0 Å². The highest BCUT2D eigenvalue weighted by Crippen LogP contribution is 2.22. The highest BCUT2D eigenvalue weighted by molar-refractivity contribution is 7.90. The molecule has 2 heterocycles. The van der Waals surface area contributed by atoms with Crippen molar-refractivity contribution in [3.8, 4) is 0 Å². The van der Waals surface area contributed by atoms with E-state index in [0.717, 1.165) is 6.26 Å². The number of hydrogen-bond acceptors (Lipinski definition) is 5. The second-order valence-corrected chi connectivity index (χ2v) is 9.16. The van der Waals surface area contributed by atoms with Gasteiger partial charge in [-0.3, -0.25) is 14.3 Å². The van der Waals surface area contributed by atoms with E-state index in [4.69, 9.17) is 11.6 Å².